The fourth-order valence-electron chi connectivity index (χ4n) is 3.82. The number of aromatic carboxylic acids is 1. The summed E-state index contributed by atoms with van der Waals surface area (Å²) in [6.45, 7) is 0.491. The van der Waals surface area contributed by atoms with Crippen molar-refractivity contribution in [3.05, 3.63) is 100 Å². The molecule has 0 radical (unpaired) electrons. The number of fused-ring (bicyclic) bond motifs is 3. The molecule has 2 N–H and O–H groups in total. The van der Waals surface area contributed by atoms with Crippen LogP contribution in [0.15, 0.2) is 72.8 Å². The highest BCUT2D eigenvalue weighted by Crippen LogP contribution is 2.44. The maximum Gasteiger partial charge on any atom is 0.407 e. The first-order valence-electron chi connectivity index (χ1n) is 9.82. The van der Waals surface area contributed by atoms with Crippen molar-refractivity contribution in [3.8, 4) is 11.1 Å². The zero-order valence-corrected chi connectivity index (χ0v) is 17.3. The van der Waals surface area contributed by atoms with Crippen molar-refractivity contribution in [1.29, 1.82) is 0 Å². The number of nitrogens with one attached hydrogen (secondary N) is 1. The molecule has 1 amide bonds. The van der Waals surface area contributed by atoms with E-state index in [2.05, 4.69) is 29.6 Å². The highest BCUT2D eigenvalue weighted by Gasteiger charge is 2.28. The first-order valence-corrected chi connectivity index (χ1v) is 10.2. The van der Waals surface area contributed by atoms with Crippen molar-refractivity contribution in [2.75, 3.05) is 13.2 Å². The minimum Gasteiger partial charge on any atom is -0.478 e. The lowest BCUT2D eigenvalue weighted by atomic mass is 9.98. The minimum atomic E-state index is -1.05. The quantitative estimate of drug-likeness (QED) is 0.531. The van der Waals surface area contributed by atoms with Gasteiger partial charge in [-0.1, -0.05) is 72.3 Å². The Morgan fingerprint density at radius 2 is 1.65 bits per heavy atom. The number of halogens is 1. The van der Waals surface area contributed by atoms with Gasteiger partial charge in [-0.25, -0.2) is 9.59 Å². The summed E-state index contributed by atoms with van der Waals surface area (Å²) in [5, 5.41) is 12.1. The maximum absolute atomic E-state index is 12.2. The van der Waals surface area contributed by atoms with Crippen LogP contribution in [0.2, 0.25) is 5.02 Å². The van der Waals surface area contributed by atoms with Crippen molar-refractivity contribution < 1.29 is 19.4 Å². The van der Waals surface area contributed by atoms with E-state index in [1.165, 1.54) is 23.3 Å². The highest BCUT2D eigenvalue weighted by molar-refractivity contribution is 6.31. The molecule has 0 heterocycles. The van der Waals surface area contributed by atoms with Gasteiger partial charge in [0.1, 0.15) is 6.61 Å². The zero-order valence-electron chi connectivity index (χ0n) is 16.5. The number of ether oxygens (including phenoxy) is 1. The Labute approximate surface area is 184 Å². The van der Waals surface area contributed by atoms with Crippen LogP contribution in [0.4, 0.5) is 4.79 Å². The smallest absolute Gasteiger partial charge is 0.407 e. The molecular formula is C25H20ClNO4. The van der Waals surface area contributed by atoms with Gasteiger partial charge in [0.2, 0.25) is 0 Å². The Morgan fingerprint density at radius 3 is 2.29 bits per heavy atom. The molecule has 1 aliphatic rings. The summed E-state index contributed by atoms with van der Waals surface area (Å²) in [7, 11) is 0. The third-order valence-corrected chi connectivity index (χ3v) is 5.40. The van der Waals surface area contributed by atoms with Gasteiger partial charge in [0.15, 0.2) is 0 Å². The summed E-state index contributed by atoms with van der Waals surface area (Å²) in [5.41, 5.74) is 5.42. The molecule has 6 heteroatoms. The number of carboxylic acids is 1. The summed E-state index contributed by atoms with van der Waals surface area (Å²) in [6, 6.07) is 20.9. The lowest BCUT2D eigenvalue weighted by Crippen LogP contribution is -2.26. The molecule has 1 aliphatic carbocycles. The van der Waals surface area contributed by atoms with E-state index < -0.39 is 12.1 Å². The fourth-order valence-corrected chi connectivity index (χ4v) is 4.06. The lowest BCUT2D eigenvalue weighted by molar-refractivity contribution is 0.0696. The van der Waals surface area contributed by atoms with Crippen molar-refractivity contribution in [3.63, 3.8) is 0 Å². The van der Waals surface area contributed by atoms with Gasteiger partial charge in [-0.2, -0.15) is 0 Å². The average Bonchev–Trinajstić information content (AvgIpc) is 3.09. The number of benzene rings is 3. The van der Waals surface area contributed by atoms with Crippen LogP contribution in [0.5, 0.6) is 0 Å². The standard InChI is InChI=1S/C25H20ClNO4/c26-18-13-16(12-17(14-18)24(28)29)6-5-11-27-25(30)31-15-23-21-9-3-1-7-19(21)20-8-2-4-10-22(20)23/h1-10,12-14,23H,11,15H2,(H,27,30)(H,28,29). The van der Waals surface area contributed by atoms with Gasteiger partial charge >= 0.3 is 12.1 Å². The summed E-state index contributed by atoms with van der Waals surface area (Å²) in [6.07, 6.45) is 2.89. The molecule has 5 nitrogen and oxygen atoms in total. The monoisotopic (exact) mass is 433 g/mol. The van der Waals surface area contributed by atoms with Gasteiger partial charge in [0.05, 0.1) is 5.56 Å². The molecule has 0 unspecified atom stereocenters. The predicted octanol–water partition coefficient (Wildman–Crippen LogP) is 5.59. The van der Waals surface area contributed by atoms with Gasteiger partial charge in [-0.3, -0.25) is 0 Å². The van der Waals surface area contributed by atoms with Crippen LogP contribution in [0.3, 0.4) is 0 Å². The van der Waals surface area contributed by atoms with Gasteiger partial charge < -0.3 is 15.2 Å². The molecule has 0 saturated heterocycles. The molecule has 0 spiro atoms. The van der Waals surface area contributed by atoms with Crippen LogP contribution in [0.25, 0.3) is 17.2 Å². The third-order valence-electron chi connectivity index (χ3n) is 5.19. The number of carbonyl (C=O) groups is 2. The molecule has 31 heavy (non-hydrogen) atoms. The Kier molecular flexibility index (Phi) is 6.05. The van der Waals surface area contributed by atoms with Crippen LogP contribution in [-0.2, 0) is 4.74 Å². The number of carbonyl (C=O) groups excluding carboxylic acids is 1. The summed E-state index contributed by atoms with van der Waals surface area (Å²) in [5.74, 6) is -1.04. The Bertz CT molecular complexity index is 1130. The molecule has 0 bridgehead atoms. The van der Waals surface area contributed by atoms with E-state index in [0.29, 0.717) is 10.6 Å². The van der Waals surface area contributed by atoms with Crippen LogP contribution in [0.1, 0.15) is 33.0 Å². The SMILES string of the molecule is O=C(NCC=Cc1cc(Cl)cc(C(=O)O)c1)OCC1c2ccccc2-c2ccccc21. The van der Waals surface area contributed by atoms with Crippen molar-refractivity contribution in [1.82, 2.24) is 5.32 Å². The largest absolute Gasteiger partial charge is 0.478 e. The second-order valence-corrected chi connectivity index (χ2v) is 7.62. The topological polar surface area (TPSA) is 75.6 Å². The van der Waals surface area contributed by atoms with Crippen LogP contribution >= 0.6 is 11.6 Å². The van der Waals surface area contributed by atoms with Gasteiger partial charge in [0.25, 0.3) is 0 Å². The van der Waals surface area contributed by atoms with E-state index in [-0.39, 0.29) is 24.6 Å². The number of alkyl carbamates (subject to hydrolysis) is 1. The summed E-state index contributed by atoms with van der Waals surface area (Å²) < 4.78 is 5.48. The number of rotatable bonds is 6. The second-order valence-electron chi connectivity index (χ2n) is 7.19. The van der Waals surface area contributed by atoms with Crippen LogP contribution in [0, 0.1) is 0 Å². The number of hydrogen-bond donors (Lipinski definition) is 2. The van der Waals surface area contributed by atoms with Crippen molar-refractivity contribution >= 4 is 29.7 Å². The first kappa shape index (κ1) is 20.7. The van der Waals surface area contributed by atoms with Gasteiger partial charge in [-0.05, 0) is 46.0 Å². The lowest BCUT2D eigenvalue weighted by Gasteiger charge is -2.14. The molecule has 0 aliphatic heterocycles. The number of hydrogen-bond acceptors (Lipinski definition) is 3. The highest BCUT2D eigenvalue weighted by atomic mass is 35.5. The Morgan fingerprint density at radius 1 is 1.00 bits per heavy atom. The van der Waals surface area contributed by atoms with Crippen LogP contribution in [-0.4, -0.2) is 30.3 Å². The first-order chi connectivity index (χ1) is 15.0. The van der Waals surface area contributed by atoms with E-state index in [0.717, 1.165) is 11.1 Å². The van der Waals surface area contributed by atoms with Crippen molar-refractivity contribution in [2.24, 2.45) is 0 Å². The van der Waals surface area contributed by atoms with Crippen LogP contribution < -0.4 is 5.32 Å². The minimum absolute atomic E-state index is 0.00888. The zero-order chi connectivity index (χ0) is 21.8. The normalized spacial score (nSPS) is 12.4. The van der Waals surface area contributed by atoms with E-state index >= 15 is 0 Å². The summed E-state index contributed by atoms with van der Waals surface area (Å²) in [4.78, 5) is 23.3. The molecule has 0 saturated carbocycles. The Hall–Kier alpha value is -3.57. The molecule has 3 aromatic carbocycles. The molecule has 0 fully saturated rings. The number of carboxylic acid groups (broad SMARTS) is 1. The predicted molar refractivity (Wildman–Crippen MR) is 121 cm³/mol. The second kappa shape index (κ2) is 9.06. The molecule has 0 atom stereocenters. The fraction of sp³-hybridized carbons (Fsp3) is 0.120. The molecule has 3 aromatic rings. The molecule has 156 valence electrons. The molecular weight excluding hydrogens is 414 g/mol. The van der Waals surface area contributed by atoms with Gasteiger partial charge in [-0.15, -0.1) is 0 Å². The molecule has 4 rings (SSSR count). The number of amides is 1. The van der Waals surface area contributed by atoms with Crippen molar-refractivity contribution in [2.45, 2.75) is 5.92 Å². The van der Waals surface area contributed by atoms with E-state index in [4.69, 9.17) is 21.4 Å². The summed E-state index contributed by atoms with van der Waals surface area (Å²) >= 11 is 5.95. The Balaban J connectivity index is 1.33. The van der Waals surface area contributed by atoms with Gasteiger partial charge in [0, 0.05) is 17.5 Å². The third kappa shape index (κ3) is 4.62. The maximum atomic E-state index is 12.2. The average molecular weight is 434 g/mol. The van der Waals surface area contributed by atoms with E-state index in [1.807, 2.05) is 24.3 Å². The molecule has 0 aromatic heterocycles. The van der Waals surface area contributed by atoms with E-state index in [9.17, 15) is 9.59 Å². The van der Waals surface area contributed by atoms with E-state index in [1.54, 1.807) is 18.2 Å².